The predicted octanol–water partition coefficient (Wildman–Crippen LogP) is -0.380. The topological polar surface area (TPSA) is 80.3 Å². The van der Waals surface area contributed by atoms with Crippen molar-refractivity contribution in [1.82, 2.24) is 20.5 Å². The van der Waals surface area contributed by atoms with E-state index in [9.17, 15) is 0 Å². The summed E-state index contributed by atoms with van der Waals surface area (Å²) in [6, 6.07) is 0. The maximum absolute atomic E-state index is 5.28. The van der Waals surface area contributed by atoms with Gasteiger partial charge in [0.25, 0.3) is 0 Å². The molecule has 6 heteroatoms. The first-order valence-electron chi connectivity index (χ1n) is 5.00. The monoisotopic (exact) mass is 210 g/mol. The number of aromatic nitrogens is 2. The fraction of sp³-hybridized carbons (Fsp3) is 0.556. The van der Waals surface area contributed by atoms with Crippen molar-refractivity contribution < 1.29 is 0 Å². The minimum Gasteiger partial charge on any atom is -0.356 e. The van der Waals surface area contributed by atoms with Crippen LogP contribution in [-0.2, 0) is 6.54 Å². The van der Waals surface area contributed by atoms with E-state index >= 15 is 0 Å². The Kier molecular flexibility index (Phi) is 4.62. The molecule has 0 saturated heterocycles. The largest absolute Gasteiger partial charge is 0.356 e. The predicted molar refractivity (Wildman–Crippen MR) is 60.3 cm³/mol. The third kappa shape index (κ3) is 3.99. The van der Waals surface area contributed by atoms with Crippen LogP contribution in [0.3, 0.4) is 0 Å². The summed E-state index contributed by atoms with van der Waals surface area (Å²) in [4.78, 5) is 4.25. The quantitative estimate of drug-likeness (QED) is 0.274. The number of hydrazine groups is 1. The molecule has 0 atom stereocenters. The minimum atomic E-state index is 0.612. The molecule has 6 nitrogen and oxygen atoms in total. The second-order valence-corrected chi connectivity index (χ2v) is 3.19. The zero-order valence-corrected chi connectivity index (χ0v) is 9.20. The molecule has 0 aliphatic carbocycles. The number of nitrogens with one attached hydrogen (secondary N) is 2. The Labute approximate surface area is 89.5 Å². The molecule has 0 saturated carbocycles. The van der Waals surface area contributed by atoms with E-state index in [-0.39, 0.29) is 0 Å². The molecular formula is C9H18N6. The van der Waals surface area contributed by atoms with E-state index in [1.165, 1.54) is 0 Å². The Morgan fingerprint density at radius 1 is 1.67 bits per heavy atom. The van der Waals surface area contributed by atoms with Gasteiger partial charge in [0.1, 0.15) is 0 Å². The average molecular weight is 210 g/mol. The van der Waals surface area contributed by atoms with E-state index in [0.717, 1.165) is 18.7 Å². The summed E-state index contributed by atoms with van der Waals surface area (Å²) in [5.41, 5.74) is 3.66. The van der Waals surface area contributed by atoms with E-state index in [4.69, 9.17) is 5.84 Å². The van der Waals surface area contributed by atoms with Crippen molar-refractivity contribution in [3.05, 3.63) is 18.0 Å². The van der Waals surface area contributed by atoms with Gasteiger partial charge in [-0.3, -0.25) is 15.1 Å². The zero-order chi connectivity index (χ0) is 11.1. The molecule has 0 fully saturated rings. The SMILES string of the molecule is CCNC(=NCCn1cc(C)cn1)NN. The Bertz CT molecular complexity index is 316. The van der Waals surface area contributed by atoms with E-state index in [1.54, 1.807) is 0 Å². The van der Waals surface area contributed by atoms with Gasteiger partial charge in [0.2, 0.25) is 5.96 Å². The van der Waals surface area contributed by atoms with Crippen LogP contribution in [0.2, 0.25) is 0 Å². The summed E-state index contributed by atoms with van der Waals surface area (Å²) < 4.78 is 1.86. The lowest BCUT2D eigenvalue weighted by atomic mass is 10.4. The van der Waals surface area contributed by atoms with Crippen molar-refractivity contribution in [3.63, 3.8) is 0 Å². The molecule has 1 aromatic heterocycles. The Balaban J connectivity index is 2.36. The van der Waals surface area contributed by atoms with Crippen molar-refractivity contribution in [3.8, 4) is 0 Å². The number of aliphatic imine (C=N–C) groups is 1. The van der Waals surface area contributed by atoms with Crippen molar-refractivity contribution >= 4 is 5.96 Å². The molecule has 1 aromatic rings. The van der Waals surface area contributed by atoms with Gasteiger partial charge in [0.15, 0.2) is 0 Å². The highest BCUT2D eigenvalue weighted by Gasteiger charge is 1.94. The van der Waals surface area contributed by atoms with Crippen LogP contribution >= 0.6 is 0 Å². The lowest BCUT2D eigenvalue weighted by Gasteiger charge is -2.06. The smallest absolute Gasteiger partial charge is 0.205 e. The van der Waals surface area contributed by atoms with Gasteiger partial charge in [-0.15, -0.1) is 0 Å². The number of nitrogens with zero attached hydrogens (tertiary/aromatic N) is 3. The maximum Gasteiger partial charge on any atom is 0.205 e. The summed E-state index contributed by atoms with van der Waals surface area (Å²) in [6.45, 7) is 6.20. The standard InChI is InChI=1S/C9H18N6/c1-3-11-9(14-10)12-4-5-15-7-8(2)6-13-15/h6-7H,3-5,10H2,1-2H3,(H2,11,12,14). The summed E-state index contributed by atoms with van der Waals surface area (Å²) in [7, 11) is 0. The summed E-state index contributed by atoms with van der Waals surface area (Å²) in [5, 5.41) is 7.17. The normalized spacial score (nSPS) is 11.5. The van der Waals surface area contributed by atoms with Crippen molar-refractivity contribution in [1.29, 1.82) is 0 Å². The molecule has 0 aromatic carbocycles. The Hall–Kier alpha value is -1.56. The Morgan fingerprint density at radius 3 is 3.00 bits per heavy atom. The zero-order valence-electron chi connectivity index (χ0n) is 9.20. The molecule has 0 spiro atoms. The number of nitrogens with two attached hydrogens (primary N) is 1. The molecule has 0 unspecified atom stereocenters. The van der Waals surface area contributed by atoms with Crippen LogP contribution < -0.4 is 16.6 Å². The summed E-state index contributed by atoms with van der Waals surface area (Å²) in [6.07, 6.45) is 3.81. The van der Waals surface area contributed by atoms with Crippen molar-refractivity contribution in [2.45, 2.75) is 20.4 Å². The number of hydrogen-bond donors (Lipinski definition) is 3. The maximum atomic E-state index is 5.28. The third-order valence-corrected chi connectivity index (χ3v) is 1.84. The van der Waals surface area contributed by atoms with Crippen LogP contribution in [0.15, 0.2) is 17.4 Å². The van der Waals surface area contributed by atoms with Crippen LogP contribution in [0, 0.1) is 6.92 Å². The van der Waals surface area contributed by atoms with E-state index in [0.29, 0.717) is 12.5 Å². The molecule has 0 bridgehead atoms. The highest BCUT2D eigenvalue weighted by atomic mass is 15.3. The molecule has 15 heavy (non-hydrogen) atoms. The van der Waals surface area contributed by atoms with Gasteiger partial charge in [-0.05, 0) is 19.4 Å². The molecule has 1 heterocycles. The van der Waals surface area contributed by atoms with Crippen LogP contribution in [0.4, 0.5) is 0 Å². The van der Waals surface area contributed by atoms with Gasteiger partial charge in [-0.25, -0.2) is 5.84 Å². The van der Waals surface area contributed by atoms with Gasteiger partial charge in [-0.1, -0.05) is 0 Å². The molecule has 0 aliphatic rings. The summed E-state index contributed by atoms with van der Waals surface area (Å²) >= 11 is 0. The molecule has 0 amide bonds. The number of aryl methyl sites for hydroxylation is 1. The highest BCUT2D eigenvalue weighted by Crippen LogP contribution is 1.93. The molecule has 4 N–H and O–H groups in total. The molecule has 84 valence electrons. The molecular weight excluding hydrogens is 192 g/mol. The van der Waals surface area contributed by atoms with Gasteiger partial charge in [-0.2, -0.15) is 5.10 Å². The van der Waals surface area contributed by atoms with E-state index in [2.05, 4.69) is 20.8 Å². The van der Waals surface area contributed by atoms with E-state index < -0.39 is 0 Å². The highest BCUT2D eigenvalue weighted by molar-refractivity contribution is 5.78. The van der Waals surface area contributed by atoms with Crippen LogP contribution in [0.5, 0.6) is 0 Å². The Morgan fingerprint density at radius 2 is 2.47 bits per heavy atom. The minimum absolute atomic E-state index is 0.612. The third-order valence-electron chi connectivity index (χ3n) is 1.84. The van der Waals surface area contributed by atoms with Crippen LogP contribution in [0.25, 0.3) is 0 Å². The van der Waals surface area contributed by atoms with Gasteiger partial charge in [0.05, 0.1) is 19.3 Å². The fourth-order valence-electron chi connectivity index (χ4n) is 1.17. The summed E-state index contributed by atoms with van der Waals surface area (Å²) in [5.74, 6) is 5.89. The molecule has 1 rings (SSSR count). The first-order chi connectivity index (χ1) is 7.26. The molecule has 0 radical (unpaired) electrons. The second kappa shape index (κ2) is 6.02. The number of rotatable bonds is 4. The van der Waals surface area contributed by atoms with Gasteiger partial charge < -0.3 is 5.32 Å². The lowest BCUT2D eigenvalue weighted by Crippen LogP contribution is -2.41. The van der Waals surface area contributed by atoms with Crippen LogP contribution in [-0.4, -0.2) is 28.8 Å². The first-order valence-corrected chi connectivity index (χ1v) is 5.00. The van der Waals surface area contributed by atoms with Crippen LogP contribution in [0.1, 0.15) is 12.5 Å². The molecule has 0 aliphatic heterocycles. The lowest BCUT2D eigenvalue weighted by molar-refractivity contribution is 0.622. The van der Waals surface area contributed by atoms with Crippen molar-refractivity contribution in [2.24, 2.45) is 10.8 Å². The average Bonchev–Trinajstić information content (AvgIpc) is 2.63. The fourth-order valence-corrected chi connectivity index (χ4v) is 1.17. The van der Waals surface area contributed by atoms with E-state index in [1.807, 2.05) is 30.9 Å². The van der Waals surface area contributed by atoms with Crippen molar-refractivity contribution in [2.75, 3.05) is 13.1 Å². The number of guanidine groups is 1. The first kappa shape index (κ1) is 11.5. The van der Waals surface area contributed by atoms with Gasteiger partial charge >= 0.3 is 0 Å². The van der Waals surface area contributed by atoms with Gasteiger partial charge in [0, 0.05) is 12.7 Å². The number of hydrogen-bond acceptors (Lipinski definition) is 3. The second-order valence-electron chi connectivity index (χ2n) is 3.19.